The van der Waals surface area contributed by atoms with Gasteiger partial charge in [0.1, 0.15) is 6.61 Å². The average Bonchev–Trinajstić information content (AvgIpc) is 3.38. The van der Waals surface area contributed by atoms with Gasteiger partial charge in [0.05, 0.1) is 16.9 Å². The van der Waals surface area contributed by atoms with Crippen molar-refractivity contribution in [1.29, 1.82) is 0 Å². The van der Waals surface area contributed by atoms with E-state index in [9.17, 15) is 4.79 Å². The molecule has 152 valence electrons. The molecule has 8 heteroatoms. The molecular weight excluding hydrogens is 565 g/mol. The molecule has 2 heterocycles. The lowest BCUT2D eigenvalue weighted by Gasteiger charge is -2.14. The summed E-state index contributed by atoms with van der Waals surface area (Å²) in [7, 11) is 1.57. The lowest BCUT2D eigenvalue weighted by atomic mass is 10.1. The van der Waals surface area contributed by atoms with Crippen LogP contribution in [0.2, 0.25) is 0 Å². The zero-order valence-electron chi connectivity index (χ0n) is 15.7. The van der Waals surface area contributed by atoms with Crippen LogP contribution in [0.3, 0.4) is 0 Å². The van der Waals surface area contributed by atoms with Gasteiger partial charge in [0.2, 0.25) is 0 Å². The van der Waals surface area contributed by atoms with Gasteiger partial charge in [-0.2, -0.15) is 0 Å². The summed E-state index contributed by atoms with van der Waals surface area (Å²) in [5.74, 6) is 1.19. The van der Waals surface area contributed by atoms with E-state index >= 15 is 0 Å². The number of cyclic esters (lactones) is 1. The number of esters is 1. The van der Waals surface area contributed by atoms with Crippen LogP contribution in [0, 0.1) is 3.57 Å². The van der Waals surface area contributed by atoms with E-state index in [4.69, 9.17) is 18.6 Å². The van der Waals surface area contributed by atoms with Crippen molar-refractivity contribution < 1.29 is 23.4 Å². The maximum atomic E-state index is 12.2. The zero-order chi connectivity index (χ0) is 21.1. The van der Waals surface area contributed by atoms with Crippen molar-refractivity contribution in [1.82, 2.24) is 0 Å². The summed E-state index contributed by atoms with van der Waals surface area (Å²) in [4.78, 5) is 16.4. The molecule has 1 aliphatic heterocycles. The van der Waals surface area contributed by atoms with Crippen LogP contribution in [0.5, 0.6) is 11.5 Å². The van der Waals surface area contributed by atoms with E-state index in [0.29, 0.717) is 23.9 Å². The fourth-order valence-corrected chi connectivity index (χ4v) is 3.98. The third-order valence-corrected chi connectivity index (χ3v) is 5.81. The molecule has 0 atom stereocenters. The van der Waals surface area contributed by atoms with E-state index in [1.807, 2.05) is 30.3 Å². The first kappa shape index (κ1) is 20.7. The first-order chi connectivity index (χ1) is 14.5. The molecule has 0 aliphatic carbocycles. The van der Waals surface area contributed by atoms with Crippen molar-refractivity contribution in [3.05, 3.63) is 85.4 Å². The van der Waals surface area contributed by atoms with Crippen LogP contribution in [-0.2, 0) is 16.1 Å². The Morgan fingerprint density at radius 3 is 2.77 bits per heavy atom. The number of ether oxygens (including phenoxy) is 3. The van der Waals surface area contributed by atoms with Gasteiger partial charge in [-0.3, -0.25) is 0 Å². The Labute approximate surface area is 194 Å². The highest BCUT2D eigenvalue weighted by molar-refractivity contribution is 14.1. The second kappa shape index (κ2) is 9.05. The van der Waals surface area contributed by atoms with Crippen LogP contribution < -0.4 is 9.47 Å². The molecule has 30 heavy (non-hydrogen) atoms. The van der Waals surface area contributed by atoms with Crippen LogP contribution in [-0.4, -0.2) is 19.0 Å². The standard InChI is InChI=1S/C22H15BrINO5/c1-27-19-11-13(10-17-22(26)30-21(25-17)18-7-4-8-28-18)9-16(24)20(19)29-12-14-5-2-3-6-15(14)23/h2-11H,12H2,1H3/b17-10-. The Morgan fingerprint density at radius 1 is 1.20 bits per heavy atom. The minimum atomic E-state index is -0.537. The summed E-state index contributed by atoms with van der Waals surface area (Å²) >= 11 is 5.70. The van der Waals surface area contributed by atoms with Gasteiger partial charge in [-0.25, -0.2) is 9.79 Å². The number of methoxy groups -OCH3 is 1. The van der Waals surface area contributed by atoms with Crippen molar-refractivity contribution in [3.63, 3.8) is 0 Å². The topological polar surface area (TPSA) is 70.3 Å². The van der Waals surface area contributed by atoms with E-state index in [0.717, 1.165) is 19.2 Å². The van der Waals surface area contributed by atoms with Gasteiger partial charge in [0.25, 0.3) is 5.90 Å². The third-order valence-electron chi connectivity index (χ3n) is 4.24. The number of benzene rings is 2. The first-order valence-corrected chi connectivity index (χ1v) is 10.7. The van der Waals surface area contributed by atoms with E-state index in [1.165, 1.54) is 6.26 Å². The Bertz CT molecular complexity index is 1150. The Morgan fingerprint density at radius 2 is 2.03 bits per heavy atom. The predicted molar refractivity (Wildman–Crippen MR) is 123 cm³/mol. The maximum Gasteiger partial charge on any atom is 0.363 e. The van der Waals surface area contributed by atoms with Crippen LogP contribution in [0.4, 0.5) is 0 Å². The third kappa shape index (κ3) is 4.44. The highest BCUT2D eigenvalue weighted by Crippen LogP contribution is 2.36. The summed E-state index contributed by atoms with van der Waals surface area (Å²) < 4.78 is 23.8. The Kier molecular flexibility index (Phi) is 6.24. The molecular formula is C22H15BrINO5. The fraction of sp³-hybridized carbons (Fsp3) is 0.0909. The van der Waals surface area contributed by atoms with E-state index < -0.39 is 5.97 Å². The van der Waals surface area contributed by atoms with Gasteiger partial charge in [0.15, 0.2) is 23.0 Å². The van der Waals surface area contributed by atoms with Crippen LogP contribution in [0.1, 0.15) is 16.9 Å². The Balaban J connectivity index is 1.60. The number of hydrogen-bond donors (Lipinski definition) is 0. The number of rotatable bonds is 6. The fourth-order valence-electron chi connectivity index (χ4n) is 2.80. The Hall–Kier alpha value is -2.59. The minimum absolute atomic E-state index is 0.145. The quantitative estimate of drug-likeness (QED) is 0.217. The molecule has 0 bridgehead atoms. The predicted octanol–water partition coefficient (Wildman–Crippen LogP) is 5.58. The summed E-state index contributed by atoms with van der Waals surface area (Å²) in [5.41, 5.74) is 1.94. The van der Waals surface area contributed by atoms with Crippen molar-refractivity contribution >= 4 is 56.5 Å². The summed E-state index contributed by atoms with van der Waals surface area (Å²) in [5, 5.41) is 0. The normalized spacial score (nSPS) is 14.6. The zero-order valence-corrected chi connectivity index (χ0v) is 19.5. The van der Waals surface area contributed by atoms with Gasteiger partial charge in [-0.15, -0.1) is 0 Å². The molecule has 0 radical (unpaired) electrons. The molecule has 0 unspecified atom stereocenters. The van der Waals surface area contributed by atoms with Gasteiger partial charge in [-0.05, 0) is 64.6 Å². The first-order valence-electron chi connectivity index (χ1n) is 8.85. The highest BCUT2D eigenvalue weighted by Gasteiger charge is 2.26. The number of halogens is 2. The smallest absolute Gasteiger partial charge is 0.363 e. The monoisotopic (exact) mass is 579 g/mol. The van der Waals surface area contributed by atoms with Gasteiger partial charge in [-0.1, -0.05) is 34.1 Å². The van der Waals surface area contributed by atoms with Crippen LogP contribution in [0.25, 0.3) is 6.08 Å². The van der Waals surface area contributed by atoms with Crippen LogP contribution in [0.15, 0.2) is 74.4 Å². The number of nitrogens with zero attached hydrogens (tertiary/aromatic N) is 1. The van der Waals surface area contributed by atoms with Crippen molar-refractivity contribution in [2.24, 2.45) is 4.99 Å². The number of carbonyl (C=O) groups is 1. The molecule has 4 rings (SSSR count). The lowest BCUT2D eigenvalue weighted by molar-refractivity contribution is -0.130. The molecule has 6 nitrogen and oxygen atoms in total. The molecule has 0 saturated heterocycles. The molecule has 0 saturated carbocycles. The summed E-state index contributed by atoms with van der Waals surface area (Å²) in [6.45, 7) is 0.386. The minimum Gasteiger partial charge on any atom is -0.493 e. The van der Waals surface area contributed by atoms with E-state index in [-0.39, 0.29) is 11.6 Å². The molecule has 1 aromatic heterocycles. The van der Waals surface area contributed by atoms with E-state index in [2.05, 4.69) is 43.5 Å². The molecule has 0 fully saturated rings. The van der Waals surface area contributed by atoms with Crippen molar-refractivity contribution in [2.75, 3.05) is 7.11 Å². The second-order valence-corrected chi connectivity index (χ2v) is 8.24. The SMILES string of the molecule is COc1cc(/C=C2\N=C(c3ccco3)OC2=O)cc(I)c1OCc1ccccc1Br. The number of furan rings is 1. The summed E-state index contributed by atoms with van der Waals surface area (Å²) in [6, 6.07) is 14.9. The molecule has 0 spiro atoms. The van der Waals surface area contributed by atoms with Crippen molar-refractivity contribution in [3.8, 4) is 11.5 Å². The average molecular weight is 580 g/mol. The van der Waals surface area contributed by atoms with Gasteiger partial charge in [0, 0.05) is 10.0 Å². The molecule has 0 amide bonds. The van der Waals surface area contributed by atoms with Gasteiger partial charge < -0.3 is 18.6 Å². The molecule has 0 N–H and O–H groups in total. The molecule has 2 aromatic carbocycles. The number of aliphatic imine (C=N–C) groups is 1. The lowest BCUT2D eigenvalue weighted by Crippen LogP contribution is -2.04. The number of hydrogen-bond acceptors (Lipinski definition) is 6. The highest BCUT2D eigenvalue weighted by atomic mass is 127. The summed E-state index contributed by atoms with van der Waals surface area (Å²) in [6.07, 6.45) is 3.13. The van der Waals surface area contributed by atoms with Crippen LogP contribution >= 0.6 is 38.5 Å². The molecule has 3 aromatic rings. The van der Waals surface area contributed by atoms with E-state index in [1.54, 1.807) is 31.4 Å². The van der Waals surface area contributed by atoms with Crippen molar-refractivity contribution in [2.45, 2.75) is 6.61 Å². The maximum absolute atomic E-state index is 12.2. The second-order valence-electron chi connectivity index (χ2n) is 6.23. The van der Waals surface area contributed by atoms with Gasteiger partial charge >= 0.3 is 5.97 Å². The number of carbonyl (C=O) groups excluding carboxylic acids is 1. The molecule has 1 aliphatic rings. The largest absolute Gasteiger partial charge is 0.493 e.